The van der Waals surface area contributed by atoms with Gasteiger partial charge in [-0.25, -0.2) is 0 Å². The zero-order valence-corrected chi connectivity index (χ0v) is 6.22. The molecular weight excluding hydrogens is 110 g/mol. The lowest BCUT2D eigenvalue weighted by Gasteiger charge is -2.06. The van der Waals surface area contributed by atoms with Crippen molar-refractivity contribution in [3.05, 3.63) is 18.4 Å². The Hall–Kier alpha value is -0.520. The van der Waals surface area contributed by atoms with Gasteiger partial charge in [-0.3, -0.25) is 0 Å². The summed E-state index contributed by atoms with van der Waals surface area (Å²) in [7, 11) is 0. The minimum atomic E-state index is 0.141. The predicted octanol–water partition coefficient (Wildman–Crippen LogP) is 1.70. The normalized spacial score (nSPS) is 12.9. The van der Waals surface area contributed by atoms with Crippen molar-refractivity contribution in [3.8, 4) is 0 Å². The Balaban J connectivity index is 3.49. The average molecular weight is 125 g/mol. The van der Waals surface area contributed by atoms with Crippen molar-refractivity contribution in [1.82, 2.24) is 0 Å². The second kappa shape index (κ2) is 4.37. The van der Waals surface area contributed by atoms with Crippen molar-refractivity contribution >= 4 is 0 Å². The molecule has 0 radical (unpaired) electrons. The summed E-state index contributed by atoms with van der Waals surface area (Å²) in [5, 5.41) is 0. The molecule has 0 aromatic rings. The van der Waals surface area contributed by atoms with Crippen LogP contribution < -0.4 is 5.73 Å². The van der Waals surface area contributed by atoms with E-state index < -0.39 is 0 Å². The third-order valence-electron chi connectivity index (χ3n) is 1.08. The number of hydrogen-bond acceptors (Lipinski definition) is 1. The zero-order chi connectivity index (χ0) is 7.28. The molecule has 0 aromatic heterocycles. The lowest BCUT2D eigenvalue weighted by atomic mass is 10.1. The lowest BCUT2D eigenvalue weighted by molar-refractivity contribution is 0.546. The van der Waals surface area contributed by atoms with Gasteiger partial charge in [0.05, 0.1) is 0 Å². The van der Waals surface area contributed by atoms with Crippen LogP contribution in [0.3, 0.4) is 0 Å². The Kier molecular flexibility index (Phi) is 4.12. The fraction of sp³-hybridized carbons (Fsp3) is 0.625. The molecule has 0 aromatic carbocycles. The Morgan fingerprint density at radius 2 is 2.22 bits per heavy atom. The quantitative estimate of drug-likeness (QED) is 0.571. The SMILES string of the molecule is C=C=CC(N)CC(C)C. The highest BCUT2D eigenvalue weighted by molar-refractivity contribution is 4.87. The second-order valence-corrected chi connectivity index (χ2v) is 2.66. The van der Waals surface area contributed by atoms with E-state index in [-0.39, 0.29) is 6.04 Å². The van der Waals surface area contributed by atoms with Crippen molar-refractivity contribution in [2.75, 3.05) is 0 Å². The number of rotatable bonds is 3. The third kappa shape index (κ3) is 5.35. The summed E-state index contributed by atoms with van der Waals surface area (Å²) in [5.41, 5.74) is 8.30. The van der Waals surface area contributed by atoms with Gasteiger partial charge in [0.1, 0.15) is 0 Å². The Bertz CT molecular complexity index is 110. The van der Waals surface area contributed by atoms with E-state index in [0.717, 1.165) is 6.42 Å². The molecule has 1 heteroatoms. The molecule has 0 heterocycles. The molecule has 1 atom stereocenters. The van der Waals surface area contributed by atoms with E-state index in [2.05, 4.69) is 26.2 Å². The first-order valence-corrected chi connectivity index (χ1v) is 3.28. The van der Waals surface area contributed by atoms with Gasteiger partial charge in [-0.1, -0.05) is 20.4 Å². The summed E-state index contributed by atoms with van der Waals surface area (Å²) in [4.78, 5) is 0. The van der Waals surface area contributed by atoms with E-state index in [9.17, 15) is 0 Å². The van der Waals surface area contributed by atoms with Gasteiger partial charge in [-0.05, 0) is 18.4 Å². The first-order valence-electron chi connectivity index (χ1n) is 3.28. The lowest BCUT2D eigenvalue weighted by Crippen LogP contribution is -2.18. The van der Waals surface area contributed by atoms with Crippen LogP contribution in [-0.2, 0) is 0 Å². The van der Waals surface area contributed by atoms with Crippen LogP contribution in [0.25, 0.3) is 0 Å². The molecule has 0 aliphatic carbocycles. The van der Waals surface area contributed by atoms with E-state index >= 15 is 0 Å². The van der Waals surface area contributed by atoms with Gasteiger partial charge >= 0.3 is 0 Å². The Labute approximate surface area is 57.3 Å². The molecule has 0 fully saturated rings. The topological polar surface area (TPSA) is 26.0 Å². The Morgan fingerprint density at radius 3 is 2.56 bits per heavy atom. The minimum Gasteiger partial charge on any atom is -0.324 e. The van der Waals surface area contributed by atoms with Crippen LogP contribution in [0.4, 0.5) is 0 Å². The molecule has 1 unspecified atom stereocenters. The van der Waals surface area contributed by atoms with Crippen LogP contribution in [0.1, 0.15) is 20.3 Å². The summed E-state index contributed by atoms with van der Waals surface area (Å²) < 4.78 is 0. The van der Waals surface area contributed by atoms with Crippen LogP contribution in [0, 0.1) is 5.92 Å². The van der Waals surface area contributed by atoms with Gasteiger partial charge in [0, 0.05) is 6.04 Å². The highest BCUT2D eigenvalue weighted by Crippen LogP contribution is 2.02. The first-order chi connectivity index (χ1) is 4.16. The van der Waals surface area contributed by atoms with Crippen molar-refractivity contribution < 1.29 is 0 Å². The molecule has 0 aliphatic rings. The fourth-order valence-electron chi connectivity index (χ4n) is 0.764. The van der Waals surface area contributed by atoms with Crippen molar-refractivity contribution in [1.29, 1.82) is 0 Å². The molecule has 0 saturated carbocycles. The minimum absolute atomic E-state index is 0.141. The van der Waals surface area contributed by atoms with E-state index in [0.29, 0.717) is 5.92 Å². The van der Waals surface area contributed by atoms with E-state index in [4.69, 9.17) is 5.73 Å². The molecular formula is C8H15N. The second-order valence-electron chi connectivity index (χ2n) is 2.66. The maximum Gasteiger partial charge on any atom is 0.0301 e. The number of hydrogen-bond donors (Lipinski definition) is 1. The van der Waals surface area contributed by atoms with Crippen LogP contribution >= 0.6 is 0 Å². The van der Waals surface area contributed by atoms with E-state index in [1.165, 1.54) is 0 Å². The summed E-state index contributed by atoms with van der Waals surface area (Å²) in [6.07, 6.45) is 2.82. The molecule has 0 saturated heterocycles. The molecule has 52 valence electrons. The molecule has 0 rings (SSSR count). The summed E-state index contributed by atoms with van der Waals surface area (Å²) in [6, 6.07) is 0.141. The predicted molar refractivity (Wildman–Crippen MR) is 41.1 cm³/mol. The van der Waals surface area contributed by atoms with Crippen molar-refractivity contribution in [2.24, 2.45) is 11.7 Å². The molecule has 0 bridgehead atoms. The summed E-state index contributed by atoms with van der Waals surface area (Å²) >= 11 is 0. The van der Waals surface area contributed by atoms with Gasteiger partial charge in [0.15, 0.2) is 0 Å². The van der Waals surface area contributed by atoms with E-state index in [1.807, 2.05) is 0 Å². The monoisotopic (exact) mass is 125 g/mol. The molecule has 2 N–H and O–H groups in total. The standard InChI is InChI=1S/C8H15N/c1-4-5-8(9)6-7(2)3/h5,7-8H,1,6,9H2,2-3H3. The van der Waals surface area contributed by atoms with Crippen LogP contribution in [0.5, 0.6) is 0 Å². The maximum atomic E-state index is 5.63. The average Bonchev–Trinajstić information content (AvgIpc) is 1.63. The number of nitrogens with two attached hydrogens (primary N) is 1. The summed E-state index contributed by atoms with van der Waals surface area (Å²) in [6.45, 7) is 7.75. The maximum absolute atomic E-state index is 5.63. The smallest absolute Gasteiger partial charge is 0.0301 e. The van der Waals surface area contributed by atoms with Crippen LogP contribution in [-0.4, -0.2) is 6.04 Å². The zero-order valence-electron chi connectivity index (χ0n) is 6.22. The van der Waals surface area contributed by atoms with Gasteiger partial charge in [-0.15, -0.1) is 5.73 Å². The Morgan fingerprint density at radius 1 is 1.67 bits per heavy atom. The van der Waals surface area contributed by atoms with Crippen LogP contribution in [0.15, 0.2) is 18.4 Å². The third-order valence-corrected chi connectivity index (χ3v) is 1.08. The molecule has 0 spiro atoms. The first kappa shape index (κ1) is 8.48. The fourth-order valence-corrected chi connectivity index (χ4v) is 0.764. The van der Waals surface area contributed by atoms with Crippen molar-refractivity contribution in [2.45, 2.75) is 26.3 Å². The molecule has 0 amide bonds. The van der Waals surface area contributed by atoms with Gasteiger partial charge in [0.2, 0.25) is 0 Å². The van der Waals surface area contributed by atoms with Crippen molar-refractivity contribution in [3.63, 3.8) is 0 Å². The van der Waals surface area contributed by atoms with Gasteiger partial charge < -0.3 is 5.73 Å². The highest BCUT2D eigenvalue weighted by Gasteiger charge is 1.99. The largest absolute Gasteiger partial charge is 0.324 e. The molecule has 1 nitrogen and oxygen atoms in total. The summed E-state index contributed by atoms with van der Waals surface area (Å²) in [5.74, 6) is 0.657. The highest BCUT2D eigenvalue weighted by atomic mass is 14.6. The van der Waals surface area contributed by atoms with Gasteiger partial charge in [0.25, 0.3) is 0 Å². The molecule has 0 aliphatic heterocycles. The van der Waals surface area contributed by atoms with Crippen LogP contribution in [0.2, 0.25) is 0 Å². The van der Waals surface area contributed by atoms with E-state index in [1.54, 1.807) is 6.08 Å². The van der Waals surface area contributed by atoms with Gasteiger partial charge in [-0.2, -0.15) is 0 Å². The molecule has 9 heavy (non-hydrogen) atoms.